The van der Waals surface area contributed by atoms with E-state index in [0.29, 0.717) is 12.0 Å². The highest BCUT2D eigenvalue weighted by atomic mass is 35.5. The summed E-state index contributed by atoms with van der Waals surface area (Å²) in [4.78, 5) is 11.9. The van der Waals surface area contributed by atoms with Gasteiger partial charge in [-0.05, 0) is 11.4 Å². The maximum absolute atomic E-state index is 11.9. The zero-order valence-electron chi connectivity index (χ0n) is 9.22. The Morgan fingerprint density at radius 2 is 2.41 bits per heavy atom. The second-order valence-corrected chi connectivity index (χ2v) is 5.09. The average molecular weight is 275 g/mol. The first kappa shape index (κ1) is 12.8. The molecule has 0 spiro atoms. The van der Waals surface area contributed by atoms with Crippen LogP contribution in [0.3, 0.4) is 0 Å². The van der Waals surface area contributed by atoms with Gasteiger partial charge in [0.1, 0.15) is 0 Å². The fourth-order valence-electron chi connectivity index (χ4n) is 2.41. The number of amides is 1. The number of hydrogen-bond donors (Lipinski definition) is 2. The smallest absolute Gasteiger partial charge is 0.252 e. The van der Waals surface area contributed by atoms with Crippen LogP contribution in [0.2, 0.25) is 0 Å². The maximum Gasteiger partial charge on any atom is 0.252 e. The molecule has 2 fully saturated rings. The minimum atomic E-state index is 0. The molecule has 3 rings (SSSR count). The Labute approximate surface area is 110 Å². The van der Waals surface area contributed by atoms with Crippen LogP contribution in [0.4, 0.5) is 0 Å². The second kappa shape index (κ2) is 5.35. The lowest BCUT2D eigenvalue weighted by molar-refractivity contribution is 0.0924. The van der Waals surface area contributed by atoms with Gasteiger partial charge in [-0.3, -0.25) is 4.79 Å². The van der Waals surface area contributed by atoms with Gasteiger partial charge in [0.2, 0.25) is 0 Å². The molecule has 2 aliphatic rings. The lowest BCUT2D eigenvalue weighted by Gasteiger charge is -2.17. The molecule has 0 bridgehead atoms. The third-order valence-corrected chi connectivity index (χ3v) is 4.02. The Morgan fingerprint density at radius 3 is 3.18 bits per heavy atom. The summed E-state index contributed by atoms with van der Waals surface area (Å²) in [5, 5.41) is 10.3. The van der Waals surface area contributed by atoms with Crippen molar-refractivity contribution in [2.24, 2.45) is 5.92 Å². The van der Waals surface area contributed by atoms with Gasteiger partial charge in [-0.15, -0.1) is 12.4 Å². The SMILES string of the molecule is Cl.O=C(N[C@@H]1CN[C@@H]2COC[C@@H]21)c1ccsc1. The van der Waals surface area contributed by atoms with E-state index >= 15 is 0 Å². The normalized spacial score (nSPS) is 30.7. The van der Waals surface area contributed by atoms with Crippen LogP contribution in [0.5, 0.6) is 0 Å². The number of carbonyl (C=O) groups excluding carboxylic acids is 1. The summed E-state index contributed by atoms with van der Waals surface area (Å²) in [5.41, 5.74) is 0.757. The second-order valence-electron chi connectivity index (χ2n) is 4.31. The highest BCUT2D eigenvalue weighted by Crippen LogP contribution is 2.23. The van der Waals surface area contributed by atoms with E-state index in [1.165, 1.54) is 0 Å². The van der Waals surface area contributed by atoms with E-state index in [2.05, 4.69) is 10.6 Å². The van der Waals surface area contributed by atoms with E-state index in [9.17, 15) is 4.79 Å². The monoisotopic (exact) mass is 274 g/mol. The summed E-state index contributed by atoms with van der Waals surface area (Å²) in [6.45, 7) is 2.39. The number of halogens is 1. The first-order chi connectivity index (χ1) is 7.84. The molecule has 17 heavy (non-hydrogen) atoms. The lowest BCUT2D eigenvalue weighted by atomic mass is 10.00. The molecule has 0 saturated carbocycles. The van der Waals surface area contributed by atoms with Crippen molar-refractivity contribution >= 4 is 29.7 Å². The third-order valence-electron chi connectivity index (χ3n) is 3.34. The molecule has 3 heterocycles. The summed E-state index contributed by atoms with van der Waals surface area (Å²) >= 11 is 1.54. The van der Waals surface area contributed by atoms with Gasteiger partial charge in [-0.2, -0.15) is 11.3 Å². The van der Waals surface area contributed by atoms with Gasteiger partial charge in [0.15, 0.2) is 0 Å². The zero-order chi connectivity index (χ0) is 11.0. The van der Waals surface area contributed by atoms with Crippen LogP contribution in [-0.2, 0) is 4.74 Å². The first-order valence-corrected chi connectivity index (χ1v) is 6.43. The topological polar surface area (TPSA) is 50.4 Å². The van der Waals surface area contributed by atoms with Crippen LogP contribution >= 0.6 is 23.7 Å². The number of rotatable bonds is 2. The lowest BCUT2D eigenvalue weighted by Crippen LogP contribution is -2.41. The summed E-state index contributed by atoms with van der Waals surface area (Å²) in [5.74, 6) is 0.461. The summed E-state index contributed by atoms with van der Waals surface area (Å²) in [6, 6.07) is 2.48. The highest BCUT2D eigenvalue weighted by molar-refractivity contribution is 7.08. The Morgan fingerprint density at radius 1 is 1.53 bits per heavy atom. The minimum absolute atomic E-state index is 0. The van der Waals surface area contributed by atoms with Crippen LogP contribution in [0.1, 0.15) is 10.4 Å². The number of thiophene rings is 1. The third kappa shape index (κ3) is 2.47. The van der Waals surface area contributed by atoms with E-state index in [0.717, 1.165) is 25.3 Å². The molecule has 0 radical (unpaired) electrons. The van der Waals surface area contributed by atoms with Gasteiger partial charge in [0.05, 0.1) is 13.2 Å². The van der Waals surface area contributed by atoms with E-state index in [1.54, 1.807) is 11.3 Å². The van der Waals surface area contributed by atoms with Crippen LogP contribution in [0, 0.1) is 5.92 Å². The molecular formula is C11H15ClN2O2S. The Hall–Kier alpha value is -0.620. The molecule has 0 aromatic carbocycles. The van der Waals surface area contributed by atoms with Crippen molar-refractivity contribution in [3.8, 4) is 0 Å². The van der Waals surface area contributed by atoms with E-state index < -0.39 is 0 Å². The molecule has 3 atom stereocenters. The molecular weight excluding hydrogens is 260 g/mol. The van der Waals surface area contributed by atoms with Crippen molar-refractivity contribution in [2.75, 3.05) is 19.8 Å². The number of hydrogen-bond acceptors (Lipinski definition) is 4. The molecule has 2 saturated heterocycles. The first-order valence-electron chi connectivity index (χ1n) is 5.49. The van der Waals surface area contributed by atoms with Crippen LogP contribution in [-0.4, -0.2) is 37.7 Å². The highest BCUT2D eigenvalue weighted by Gasteiger charge is 2.40. The fraction of sp³-hybridized carbons (Fsp3) is 0.545. The molecule has 1 aromatic heterocycles. The minimum Gasteiger partial charge on any atom is -0.379 e. The van der Waals surface area contributed by atoms with Crippen molar-refractivity contribution in [1.29, 1.82) is 0 Å². The van der Waals surface area contributed by atoms with Crippen molar-refractivity contribution in [3.05, 3.63) is 22.4 Å². The van der Waals surface area contributed by atoms with Gasteiger partial charge in [-0.1, -0.05) is 0 Å². The maximum atomic E-state index is 11.9. The number of carbonyl (C=O) groups is 1. The van der Waals surface area contributed by atoms with Crippen LogP contribution in [0.15, 0.2) is 16.8 Å². The summed E-state index contributed by atoms with van der Waals surface area (Å²) < 4.78 is 5.40. The molecule has 4 nitrogen and oxygen atoms in total. The van der Waals surface area contributed by atoms with Crippen molar-refractivity contribution < 1.29 is 9.53 Å². The molecule has 1 aromatic rings. The summed E-state index contributed by atoms with van der Waals surface area (Å²) in [6.07, 6.45) is 0. The Bertz CT molecular complexity index is 385. The Balaban J connectivity index is 0.00000108. The molecule has 6 heteroatoms. The summed E-state index contributed by atoms with van der Waals surface area (Å²) in [7, 11) is 0. The number of nitrogens with one attached hydrogen (secondary N) is 2. The molecule has 1 amide bonds. The predicted octanol–water partition coefficient (Wildman–Crippen LogP) is 0.886. The van der Waals surface area contributed by atoms with Crippen molar-refractivity contribution in [2.45, 2.75) is 12.1 Å². The number of fused-ring (bicyclic) bond motifs is 1. The predicted molar refractivity (Wildman–Crippen MR) is 68.9 cm³/mol. The number of ether oxygens (including phenoxy) is 1. The van der Waals surface area contributed by atoms with E-state index in [-0.39, 0.29) is 24.4 Å². The molecule has 0 unspecified atom stereocenters. The molecule has 2 aliphatic heterocycles. The standard InChI is InChI=1S/C11H14N2O2S.ClH/c14-11(7-1-2-16-6-7)13-9-3-12-10-5-15-4-8(9)10;/h1-2,6,8-10,12H,3-5H2,(H,13,14);1H/t8-,9-,10-;/m1./s1. The van der Waals surface area contributed by atoms with Crippen LogP contribution < -0.4 is 10.6 Å². The zero-order valence-corrected chi connectivity index (χ0v) is 10.9. The Kier molecular flexibility index (Phi) is 4.04. The van der Waals surface area contributed by atoms with E-state index in [1.807, 2.05) is 16.8 Å². The molecule has 94 valence electrons. The molecule has 0 aliphatic carbocycles. The van der Waals surface area contributed by atoms with Crippen LogP contribution in [0.25, 0.3) is 0 Å². The van der Waals surface area contributed by atoms with Crippen molar-refractivity contribution in [3.63, 3.8) is 0 Å². The van der Waals surface area contributed by atoms with Gasteiger partial charge in [-0.25, -0.2) is 0 Å². The van der Waals surface area contributed by atoms with E-state index in [4.69, 9.17) is 4.74 Å². The van der Waals surface area contributed by atoms with Gasteiger partial charge in [0.25, 0.3) is 5.91 Å². The van der Waals surface area contributed by atoms with Crippen molar-refractivity contribution in [1.82, 2.24) is 10.6 Å². The van der Waals surface area contributed by atoms with Gasteiger partial charge in [0, 0.05) is 35.5 Å². The van der Waals surface area contributed by atoms with Gasteiger partial charge < -0.3 is 15.4 Å². The fourth-order valence-corrected chi connectivity index (χ4v) is 3.05. The van der Waals surface area contributed by atoms with Gasteiger partial charge >= 0.3 is 0 Å². The quantitative estimate of drug-likeness (QED) is 0.842. The largest absolute Gasteiger partial charge is 0.379 e. The molecule has 2 N–H and O–H groups in total. The average Bonchev–Trinajstić information content (AvgIpc) is 2.94.